The highest BCUT2D eigenvalue weighted by molar-refractivity contribution is 9.08. The third-order valence-electron chi connectivity index (χ3n) is 19.0. The Morgan fingerprint density at radius 1 is 0.378 bits per heavy atom. The van der Waals surface area contributed by atoms with Crippen LogP contribution in [0.25, 0.3) is 65.3 Å². The lowest BCUT2D eigenvalue weighted by Crippen LogP contribution is -2.44. The SMILES string of the molecule is BrCc1ccccc1.CC(=O)C(Cc1ccccc1)N=C(c1ccccc1)c1ccccc1.CC(=O)CN=C(c1ccccc1)c1ccccc1.Cc1cc2ccccc2c2c1C[N+]1(Cc3ccc4ccccc4c3-c3c(ccc4ccccc34)C1)Cc1c(C)cc3ccccc3c1-2. The summed E-state index contributed by atoms with van der Waals surface area (Å²) in [6.07, 6.45) is 0.610. The number of aryl methyl sites for hydroxylation is 2. The van der Waals surface area contributed by atoms with Crippen LogP contribution in [-0.2, 0) is 47.5 Å². The molecule has 0 saturated carbocycles. The number of quaternary nitrogens is 1. The molecule has 98 heavy (non-hydrogen) atoms. The average molecular weight is 1340 g/mol. The minimum atomic E-state index is -0.391. The van der Waals surface area contributed by atoms with E-state index in [-0.39, 0.29) is 18.1 Å². The smallest absolute Gasteiger partial charge is 0.154 e. The lowest BCUT2D eigenvalue weighted by molar-refractivity contribution is -0.978. The number of fused-ring (bicyclic) bond motifs is 14. The number of nitrogens with zero attached hydrogens (tertiary/aromatic N) is 3. The van der Waals surface area contributed by atoms with Crippen LogP contribution in [0.1, 0.15) is 80.6 Å². The summed E-state index contributed by atoms with van der Waals surface area (Å²) in [5.74, 6) is 0.146. The summed E-state index contributed by atoms with van der Waals surface area (Å²) < 4.78 is 0.967. The molecule has 1 unspecified atom stereocenters. The molecule has 0 saturated heterocycles. The Morgan fingerprint density at radius 3 is 1.08 bits per heavy atom. The fourth-order valence-electron chi connectivity index (χ4n) is 14.3. The van der Waals surface area contributed by atoms with Crippen molar-refractivity contribution < 1.29 is 14.1 Å². The van der Waals surface area contributed by atoms with Crippen molar-refractivity contribution in [3.05, 3.63) is 382 Å². The topological polar surface area (TPSA) is 58.9 Å². The summed E-state index contributed by atoms with van der Waals surface area (Å²) in [5, 5.41) is 11.7. The van der Waals surface area contributed by atoms with Crippen LogP contribution >= 0.6 is 15.9 Å². The maximum Gasteiger partial charge on any atom is 0.154 e. The van der Waals surface area contributed by atoms with Crippen molar-refractivity contribution in [1.29, 1.82) is 0 Å². The maximum absolute atomic E-state index is 12.2. The van der Waals surface area contributed by atoms with E-state index in [0.717, 1.165) is 75.2 Å². The van der Waals surface area contributed by atoms with E-state index >= 15 is 0 Å². The molecule has 0 N–H and O–H groups in total. The van der Waals surface area contributed by atoms with Crippen molar-refractivity contribution in [3.63, 3.8) is 0 Å². The first-order valence-corrected chi connectivity index (χ1v) is 35.0. The number of carbonyl (C=O) groups excluding carboxylic acids is 2. The molecule has 0 radical (unpaired) electrons. The molecular formula is C92H79BrN3O2+. The standard InChI is InChI=1S/C46H36N.C23H21NO.C16H15NO.C7H7Br/c1-29-23-33-13-5-9-17-39(33)45-41(29)27-47(28-42-30(2)24-34-14-6-10-18-40(34)46(42)45)25-35-21-19-31-11-3-7-15-37(31)43(35)44-36(26-47)22-20-32-12-4-8-16-38(32)44;1-18(25)22(17-19-11-5-2-6-12-19)24-23(20-13-7-3-8-14-20)21-15-9-4-10-16-21;1-13(18)12-17-16(14-8-4-2-5-9-14)15-10-6-3-7-11-15;8-6-7-4-2-1-3-5-7/h3-24H,25-28H2,1-2H3;2-16,22H,17H2,1H3;2-11H,12H2,1H3;1-5H,6H2/q+1;;;. The van der Waals surface area contributed by atoms with E-state index in [2.05, 4.69) is 180 Å². The summed E-state index contributed by atoms with van der Waals surface area (Å²) in [5.41, 5.74) is 22.8. The molecule has 2 aliphatic heterocycles. The van der Waals surface area contributed by atoms with Gasteiger partial charge in [-0.15, -0.1) is 0 Å². The number of benzene rings is 14. The van der Waals surface area contributed by atoms with E-state index in [4.69, 9.17) is 4.99 Å². The summed E-state index contributed by atoms with van der Waals surface area (Å²) in [6.45, 7) is 12.1. The fraction of sp³-hybridized carbons (Fsp3) is 0.130. The first-order chi connectivity index (χ1) is 48.0. The number of aliphatic imine (C=N–C) groups is 2. The number of hydrogen-bond donors (Lipinski definition) is 0. The Morgan fingerprint density at radius 2 is 0.714 bits per heavy atom. The second kappa shape index (κ2) is 30.5. The molecule has 14 aromatic rings. The predicted octanol–water partition coefficient (Wildman–Crippen LogP) is 22.2. The van der Waals surface area contributed by atoms with E-state index in [0.29, 0.717) is 6.42 Å². The molecule has 14 aromatic carbocycles. The van der Waals surface area contributed by atoms with Crippen LogP contribution < -0.4 is 0 Å². The summed E-state index contributed by atoms with van der Waals surface area (Å²) >= 11 is 3.36. The molecule has 2 aliphatic rings. The van der Waals surface area contributed by atoms with Crippen LogP contribution in [0.5, 0.6) is 0 Å². The van der Waals surface area contributed by atoms with Gasteiger partial charge in [0.05, 0.1) is 18.0 Å². The molecule has 5 nitrogen and oxygen atoms in total. The highest BCUT2D eigenvalue weighted by Crippen LogP contribution is 2.51. The third kappa shape index (κ3) is 14.8. The molecule has 6 heteroatoms. The van der Waals surface area contributed by atoms with Crippen LogP contribution in [0.4, 0.5) is 0 Å². The number of halogens is 1. The maximum atomic E-state index is 12.2. The third-order valence-corrected chi connectivity index (χ3v) is 19.6. The Bertz CT molecular complexity index is 4940. The van der Waals surface area contributed by atoms with Gasteiger partial charge >= 0.3 is 0 Å². The lowest BCUT2D eigenvalue weighted by Gasteiger charge is -2.38. The molecule has 1 atom stereocenters. The molecule has 480 valence electrons. The first kappa shape index (κ1) is 65.9. The van der Waals surface area contributed by atoms with E-state index in [1.54, 1.807) is 13.8 Å². The van der Waals surface area contributed by atoms with Gasteiger partial charge in [0.1, 0.15) is 32.2 Å². The van der Waals surface area contributed by atoms with Crippen LogP contribution in [0, 0.1) is 13.8 Å². The molecule has 0 fully saturated rings. The normalized spacial score (nSPS) is 12.6. The number of carbonyl (C=O) groups is 2. The molecule has 16 rings (SSSR count). The Hall–Kier alpha value is -10.8. The van der Waals surface area contributed by atoms with Gasteiger partial charge in [0.2, 0.25) is 0 Å². The van der Waals surface area contributed by atoms with Crippen molar-refractivity contribution >= 4 is 82.0 Å². The van der Waals surface area contributed by atoms with Crippen molar-refractivity contribution in [2.45, 2.75) is 71.7 Å². The number of hydrogen-bond acceptors (Lipinski definition) is 4. The summed E-state index contributed by atoms with van der Waals surface area (Å²) in [6, 6.07) is 110. The first-order valence-electron chi connectivity index (χ1n) is 33.9. The minimum absolute atomic E-state index is 0.0689. The van der Waals surface area contributed by atoms with Gasteiger partial charge in [0, 0.05) is 56.3 Å². The quantitative estimate of drug-likeness (QED) is 0.0736. The minimum Gasteiger partial charge on any atom is -0.309 e. The monoisotopic (exact) mass is 1340 g/mol. The fourth-order valence-corrected chi connectivity index (χ4v) is 14.7. The zero-order chi connectivity index (χ0) is 67.4. The highest BCUT2D eigenvalue weighted by Gasteiger charge is 2.40. The zero-order valence-electron chi connectivity index (χ0n) is 56.1. The van der Waals surface area contributed by atoms with Crippen molar-refractivity contribution in [2.75, 3.05) is 6.54 Å². The van der Waals surface area contributed by atoms with E-state index in [9.17, 15) is 9.59 Å². The molecule has 0 bridgehead atoms. The second-order valence-corrected chi connectivity index (χ2v) is 26.5. The Kier molecular flexibility index (Phi) is 20.5. The van der Waals surface area contributed by atoms with Crippen molar-refractivity contribution in [3.8, 4) is 22.3 Å². The number of rotatable bonds is 11. The second-order valence-electron chi connectivity index (χ2n) is 25.9. The van der Waals surface area contributed by atoms with Gasteiger partial charge in [-0.3, -0.25) is 19.6 Å². The molecular weight excluding hydrogens is 1260 g/mol. The Balaban J connectivity index is 0.000000141. The van der Waals surface area contributed by atoms with Crippen LogP contribution in [-0.4, -0.2) is 40.1 Å². The van der Waals surface area contributed by atoms with Gasteiger partial charge in [-0.1, -0.05) is 331 Å². The number of Topliss-reactive ketones (excluding diaryl/α,β-unsaturated/α-hetero) is 2. The lowest BCUT2D eigenvalue weighted by atomic mass is 9.85. The molecule has 0 aliphatic carbocycles. The molecule has 1 spiro atoms. The van der Waals surface area contributed by atoms with Gasteiger partial charge in [0.25, 0.3) is 0 Å². The van der Waals surface area contributed by atoms with E-state index in [1.807, 2.05) is 170 Å². The largest absolute Gasteiger partial charge is 0.309 e. The van der Waals surface area contributed by atoms with Crippen LogP contribution in [0.2, 0.25) is 0 Å². The number of alkyl halides is 1. The van der Waals surface area contributed by atoms with E-state index < -0.39 is 6.04 Å². The Labute approximate surface area is 584 Å². The van der Waals surface area contributed by atoms with Gasteiger partial charge in [0.15, 0.2) is 11.6 Å². The summed E-state index contributed by atoms with van der Waals surface area (Å²) in [4.78, 5) is 32.7. The van der Waals surface area contributed by atoms with Crippen molar-refractivity contribution in [1.82, 2.24) is 0 Å². The highest BCUT2D eigenvalue weighted by atomic mass is 79.9. The number of ketones is 2. The van der Waals surface area contributed by atoms with Gasteiger partial charge in [-0.05, 0) is 115 Å². The van der Waals surface area contributed by atoms with Gasteiger partial charge in [-0.25, -0.2) is 0 Å². The van der Waals surface area contributed by atoms with Crippen LogP contribution in [0.15, 0.2) is 325 Å². The molecule has 0 amide bonds. The van der Waals surface area contributed by atoms with Gasteiger partial charge in [-0.2, -0.15) is 0 Å². The summed E-state index contributed by atoms with van der Waals surface area (Å²) in [7, 11) is 0. The zero-order valence-corrected chi connectivity index (χ0v) is 57.7. The molecule has 2 heterocycles. The molecule has 0 aromatic heterocycles. The van der Waals surface area contributed by atoms with E-state index in [1.165, 1.54) is 104 Å². The van der Waals surface area contributed by atoms with Crippen LogP contribution in [0.3, 0.4) is 0 Å². The predicted molar refractivity (Wildman–Crippen MR) is 415 cm³/mol. The van der Waals surface area contributed by atoms with Crippen molar-refractivity contribution in [2.24, 2.45) is 9.98 Å². The van der Waals surface area contributed by atoms with Gasteiger partial charge < -0.3 is 4.48 Å². The average Bonchev–Trinajstić information content (AvgIpc) is 1.56.